The molecule has 1 N–H and O–H groups in total. The molecule has 0 aromatic heterocycles. The molecule has 2 fully saturated rings. The number of halogens is 2. The zero-order valence-electron chi connectivity index (χ0n) is 13.7. The van der Waals surface area contributed by atoms with Crippen molar-refractivity contribution in [1.82, 2.24) is 10.2 Å². The first-order chi connectivity index (χ1) is 10.8. The van der Waals surface area contributed by atoms with Crippen molar-refractivity contribution in [2.45, 2.75) is 19.3 Å². The Morgan fingerprint density at radius 1 is 1.22 bits per heavy atom. The minimum atomic E-state index is 0. The molecule has 1 aromatic carbocycles. The first-order valence-electron chi connectivity index (χ1n) is 8.22. The van der Waals surface area contributed by atoms with Gasteiger partial charge >= 0.3 is 0 Å². The second kappa shape index (κ2) is 9.11. The van der Waals surface area contributed by atoms with Crippen LogP contribution >= 0.6 is 39.9 Å². The minimum Gasteiger partial charge on any atom is -0.371 e. The van der Waals surface area contributed by atoms with E-state index >= 15 is 0 Å². The van der Waals surface area contributed by atoms with Crippen LogP contribution in [0.25, 0.3) is 0 Å². The average molecular weight is 493 g/mol. The maximum absolute atomic E-state index is 4.43. The molecular weight excluding hydrogens is 467 g/mol. The summed E-state index contributed by atoms with van der Waals surface area (Å²) in [6, 6.07) is 8.64. The van der Waals surface area contributed by atoms with Gasteiger partial charge in [0.15, 0.2) is 5.96 Å². The van der Waals surface area contributed by atoms with E-state index < -0.39 is 0 Å². The third-order valence-corrected chi connectivity index (χ3v) is 5.17. The second-order valence-corrected chi connectivity index (χ2v) is 7.12. The lowest BCUT2D eigenvalue weighted by Gasteiger charge is -2.23. The summed E-state index contributed by atoms with van der Waals surface area (Å²) in [7, 11) is 1.89. The van der Waals surface area contributed by atoms with E-state index in [4.69, 9.17) is 0 Å². The quantitative estimate of drug-likeness (QED) is 0.397. The van der Waals surface area contributed by atoms with E-state index in [1.165, 1.54) is 24.9 Å². The Hall–Kier alpha value is -0.500. The Labute approximate surface area is 164 Å². The maximum atomic E-state index is 4.43. The highest BCUT2D eigenvalue weighted by atomic mass is 127. The van der Waals surface area contributed by atoms with Gasteiger partial charge in [-0.2, -0.15) is 0 Å². The van der Waals surface area contributed by atoms with Gasteiger partial charge in [0.05, 0.1) is 0 Å². The summed E-state index contributed by atoms with van der Waals surface area (Å²) in [5, 5.41) is 3.58. The molecule has 0 radical (unpaired) electrons. The van der Waals surface area contributed by atoms with Crippen LogP contribution in [0.1, 0.15) is 19.3 Å². The van der Waals surface area contributed by atoms with Crippen LogP contribution in [-0.2, 0) is 0 Å². The Morgan fingerprint density at radius 2 is 1.91 bits per heavy atom. The van der Waals surface area contributed by atoms with E-state index in [2.05, 4.69) is 60.3 Å². The van der Waals surface area contributed by atoms with Gasteiger partial charge in [0.2, 0.25) is 0 Å². The molecule has 0 saturated carbocycles. The molecule has 0 amide bonds. The zero-order valence-corrected chi connectivity index (χ0v) is 17.6. The lowest BCUT2D eigenvalue weighted by Crippen LogP contribution is -2.42. The van der Waals surface area contributed by atoms with Crippen molar-refractivity contribution in [1.29, 1.82) is 0 Å². The van der Waals surface area contributed by atoms with Gasteiger partial charge in [0, 0.05) is 49.9 Å². The maximum Gasteiger partial charge on any atom is 0.193 e. The van der Waals surface area contributed by atoms with Crippen LogP contribution in [0.5, 0.6) is 0 Å². The van der Waals surface area contributed by atoms with Crippen LogP contribution in [0.3, 0.4) is 0 Å². The average Bonchev–Trinajstić information content (AvgIpc) is 3.20. The van der Waals surface area contributed by atoms with Crippen LogP contribution < -0.4 is 10.2 Å². The van der Waals surface area contributed by atoms with Gasteiger partial charge in [-0.1, -0.05) is 15.9 Å². The molecule has 2 aliphatic rings. The molecular formula is C17H26BrIN4. The molecule has 1 atom stereocenters. The van der Waals surface area contributed by atoms with Gasteiger partial charge in [-0.3, -0.25) is 4.99 Å². The highest BCUT2D eigenvalue weighted by Crippen LogP contribution is 2.25. The van der Waals surface area contributed by atoms with Gasteiger partial charge in [-0.25, -0.2) is 0 Å². The van der Waals surface area contributed by atoms with Gasteiger partial charge in [0.25, 0.3) is 0 Å². The molecule has 0 bridgehead atoms. The van der Waals surface area contributed by atoms with E-state index in [0.29, 0.717) is 5.92 Å². The summed E-state index contributed by atoms with van der Waals surface area (Å²) in [5.74, 6) is 1.78. The van der Waals surface area contributed by atoms with Crippen LogP contribution in [0, 0.1) is 5.92 Å². The minimum absolute atomic E-state index is 0. The van der Waals surface area contributed by atoms with Crippen molar-refractivity contribution in [3.8, 4) is 0 Å². The Morgan fingerprint density at radius 3 is 2.57 bits per heavy atom. The lowest BCUT2D eigenvalue weighted by atomic mass is 10.1. The summed E-state index contributed by atoms with van der Waals surface area (Å²) >= 11 is 3.50. The molecule has 2 saturated heterocycles. The summed E-state index contributed by atoms with van der Waals surface area (Å²) in [6.07, 6.45) is 3.84. The fourth-order valence-electron chi connectivity index (χ4n) is 3.38. The van der Waals surface area contributed by atoms with Crippen LogP contribution in [0.15, 0.2) is 33.7 Å². The summed E-state index contributed by atoms with van der Waals surface area (Å²) < 4.78 is 1.14. The summed E-state index contributed by atoms with van der Waals surface area (Å²) in [6.45, 7) is 5.60. The number of nitrogens with zero attached hydrogens (tertiary/aromatic N) is 3. The van der Waals surface area contributed by atoms with E-state index in [0.717, 1.165) is 43.2 Å². The number of hydrogen-bond acceptors (Lipinski definition) is 2. The SMILES string of the molecule is CN=C(NCC1CCN(c2ccc(Br)cc2)C1)N1CCCC1.I. The summed E-state index contributed by atoms with van der Waals surface area (Å²) in [5.41, 5.74) is 1.33. The third-order valence-electron chi connectivity index (χ3n) is 4.64. The standard InChI is InChI=1S/C17H25BrN4.HI/c1-19-17(21-9-2-3-10-21)20-12-14-8-11-22(13-14)16-6-4-15(18)5-7-16;/h4-7,14H,2-3,8-13H2,1H3,(H,19,20);1H. The monoisotopic (exact) mass is 492 g/mol. The molecule has 2 heterocycles. The Bertz CT molecular complexity index is 514. The number of rotatable bonds is 3. The fourth-order valence-corrected chi connectivity index (χ4v) is 3.65. The second-order valence-electron chi connectivity index (χ2n) is 6.20. The van der Waals surface area contributed by atoms with E-state index in [1.807, 2.05) is 7.05 Å². The molecule has 1 unspecified atom stereocenters. The van der Waals surface area contributed by atoms with Crippen molar-refractivity contribution in [2.75, 3.05) is 44.7 Å². The fraction of sp³-hybridized carbons (Fsp3) is 0.588. The molecule has 0 aliphatic carbocycles. The van der Waals surface area contributed by atoms with Crippen molar-refractivity contribution in [3.05, 3.63) is 28.7 Å². The molecule has 128 valence electrons. The smallest absolute Gasteiger partial charge is 0.193 e. The topological polar surface area (TPSA) is 30.9 Å². The Kier molecular flexibility index (Phi) is 7.46. The molecule has 23 heavy (non-hydrogen) atoms. The Balaban J connectivity index is 0.00000192. The van der Waals surface area contributed by atoms with Crippen LogP contribution in [0.2, 0.25) is 0 Å². The van der Waals surface area contributed by atoms with Crippen LogP contribution in [0.4, 0.5) is 5.69 Å². The predicted molar refractivity (Wildman–Crippen MR) is 112 cm³/mol. The molecule has 6 heteroatoms. The number of nitrogens with one attached hydrogen (secondary N) is 1. The molecule has 3 rings (SSSR count). The van der Waals surface area contributed by atoms with Gasteiger partial charge in [-0.15, -0.1) is 24.0 Å². The third kappa shape index (κ3) is 4.98. The number of anilines is 1. The highest BCUT2D eigenvalue weighted by molar-refractivity contribution is 14.0. The number of aliphatic imine (C=N–C) groups is 1. The van der Waals surface area contributed by atoms with Gasteiger partial charge in [0.1, 0.15) is 0 Å². The van der Waals surface area contributed by atoms with Crippen molar-refractivity contribution in [2.24, 2.45) is 10.9 Å². The summed E-state index contributed by atoms with van der Waals surface area (Å²) in [4.78, 5) is 9.29. The van der Waals surface area contributed by atoms with Crippen molar-refractivity contribution in [3.63, 3.8) is 0 Å². The lowest BCUT2D eigenvalue weighted by molar-refractivity contribution is 0.476. The predicted octanol–water partition coefficient (Wildman–Crippen LogP) is 3.56. The largest absolute Gasteiger partial charge is 0.371 e. The first kappa shape index (κ1) is 18.8. The van der Waals surface area contributed by atoms with E-state index in [-0.39, 0.29) is 24.0 Å². The van der Waals surface area contributed by atoms with Crippen molar-refractivity contribution < 1.29 is 0 Å². The van der Waals surface area contributed by atoms with Crippen LogP contribution in [-0.4, -0.2) is 50.6 Å². The highest BCUT2D eigenvalue weighted by Gasteiger charge is 2.24. The molecule has 0 spiro atoms. The van der Waals surface area contributed by atoms with Crippen molar-refractivity contribution >= 4 is 51.6 Å². The van der Waals surface area contributed by atoms with Gasteiger partial charge in [-0.05, 0) is 49.4 Å². The molecule has 2 aliphatic heterocycles. The van der Waals surface area contributed by atoms with E-state index in [1.54, 1.807) is 0 Å². The number of benzene rings is 1. The number of hydrogen-bond donors (Lipinski definition) is 1. The van der Waals surface area contributed by atoms with E-state index in [9.17, 15) is 0 Å². The molecule has 1 aromatic rings. The molecule has 4 nitrogen and oxygen atoms in total. The number of likely N-dealkylation sites (tertiary alicyclic amines) is 1. The zero-order chi connectivity index (χ0) is 15.4. The number of guanidine groups is 1. The van der Waals surface area contributed by atoms with Gasteiger partial charge < -0.3 is 15.1 Å². The normalized spacial score (nSPS) is 21.5. The first-order valence-corrected chi connectivity index (χ1v) is 9.01.